The molecule has 7 heteroatoms. The second-order valence-corrected chi connectivity index (χ2v) is 6.87. The SMILES string of the molecule is CCN1/C(=C2\SC(=S)N(CCC(C)=O)C2=O)Oc2ccccc21. The molecule has 23 heavy (non-hydrogen) atoms. The fourth-order valence-corrected chi connectivity index (χ4v) is 3.83. The van der Waals surface area contributed by atoms with E-state index in [0.29, 0.717) is 34.6 Å². The number of carbonyl (C=O) groups excluding carboxylic acids is 2. The first-order chi connectivity index (χ1) is 11.0. The number of amides is 1. The zero-order chi connectivity index (χ0) is 16.6. The Morgan fingerprint density at radius 1 is 1.30 bits per heavy atom. The van der Waals surface area contributed by atoms with E-state index in [1.54, 1.807) is 0 Å². The van der Waals surface area contributed by atoms with Crippen molar-refractivity contribution in [3.05, 3.63) is 35.1 Å². The minimum Gasteiger partial charge on any atom is -0.437 e. The number of hydrogen-bond donors (Lipinski definition) is 0. The summed E-state index contributed by atoms with van der Waals surface area (Å²) in [7, 11) is 0. The first-order valence-electron chi connectivity index (χ1n) is 7.34. The van der Waals surface area contributed by atoms with Gasteiger partial charge in [-0.25, -0.2) is 0 Å². The molecule has 0 aromatic heterocycles. The van der Waals surface area contributed by atoms with E-state index in [2.05, 4.69) is 0 Å². The van der Waals surface area contributed by atoms with Gasteiger partial charge in [0.25, 0.3) is 5.91 Å². The lowest BCUT2D eigenvalue weighted by atomic mass is 10.3. The second-order valence-electron chi connectivity index (χ2n) is 5.23. The number of rotatable bonds is 4. The summed E-state index contributed by atoms with van der Waals surface area (Å²) >= 11 is 6.52. The Labute approximate surface area is 144 Å². The number of para-hydroxylation sites is 2. The van der Waals surface area contributed by atoms with Gasteiger partial charge in [-0.05, 0) is 37.7 Å². The van der Waals surface area contributed by atoms with Crippen molar-refractivity contribution in [2.75, 3.05) is 18.0 Å². The van der Waals surface area contributed by atoms with Gasteiger partial charge < -0.3 is 9.64 Å². The first kappa shape index (κ1) is 16.0. The third-order valence-electron chi connectivity index (χ3n) is 3.65. The predicted molar refractivity (Wildman–Crippen MR) is 94.3 cm³/mol. The maximum absolute atomic E-state index is 12.7. The third kappa shape index (κ3) is 2.86. The van der Waals surface area contributed by atoms with Gasteiger partial charge in [-0.15, -0.1) is 0 Å². The van der Waals surface area contributed by atoms with Crippen molar-refractivity contribution in [1.29, 1.82) is 0 Å². The van der Waals surface area contributed by atoms with Gasteiger partial charge in [0, 0.05) is 19.5 Å². The molecule has 0 unspecified atom stereocenters. The van der Waals surface area contributed by atoms with Crippen LogP contribution < -0.4 is 9.64 Å². The van der Waals surface area contributed by atoms with Crippen LogP contribution in [0.1, 0.15) is 20.3 Å². The van der Waals surface area contributed by atoms with E-state index in [4.69, 9.17) is 17.0 Å². The molecule has 120 valence electrons. The van der Waals surface area contributed by atoms with Gasteiger partial charge >= 0.3 is 0 Å². The summed E-state index contributed by atoms with van der Waals surface area (Å²) < 4.78 is 6.36. The summed E-state index contributed by atoms with van der Waals surface area (Å²) in [6.07, 6.45) is 0.299. The van der Waals surface area contributed by atoms with Crippen molar-refractivity contribution in [3.8, 4) is 5.75 Å². The molecule has 0 N–H and O–H groups in total. The van der Waals surface area contributed by atoms with Crippen LogP contribution in [-0.2, 0) is 9.59 Å². The number of ketones is 1. The number of fused-ring (bicyclic) bond motifs is 1. The third-order valence-corrected chi connectivity index (χ3v) is 5.07. The van der Waals surface area contributed by atoms with Gasteiger partial charge in [0.15, 0.2) is 5.75 Å². The highest BCUT2D eigenvalue weighted by atomic mass is 32.2. The van der Waals surface area contributed by atoms with Crippen molar-refractivity contribution in [2.45, 2.75) is 20.3 Å². The molecule has 1 aromatic carbocycles. The number of Topliss-reactive ketones (excluding diaryl/α,β-unsaturated/α-hetero) is 1. The van der Waals surface area contributed by atoms with Crippen LogP contribution in [0.15, 0.2) is 35.1 Å². The number of nitrogens with zero attached hydrogens (tertiary/aromatic N) is 2. The van der Waals surface area contributed by atoms with Crippen molar-refractivity contribution in [1.82, 2.24) is 4.90 Å². The van der Waals surface area contributed by atoms with E-state index in [0.717, 1.165) is 11.4 Å². The van der Waals surface area contributed by atoms with Crippen LogP contribution >= 0.6 is 24.0 Å². The zero-order valence-corrected chi connectivity index (χ0v) is 14.5. The summed E-state index contributed by atoms with van der Waals surface area (Å²) in [5.74, 6) is 1.10. The fourth-order valence-electron chi connectivity index (χ4n) is 2.51. The number of thiocarbonyl (C=S) groups is 1. The molecule has 1 amide bonds. The molecule has 0 atom stereocenters. The van der Waals surface area contributed by atoms with Crippen molar-refractivity contribution < 1.29 is 14.3 Å². The van der Waals surface area contributed by atoms with E-state index < -0.39 is 0 Å². The van der Waals surface area contributed by atoms with Gasteiger partial charge in [0.2, 0.25) is 5.88 Å². The molecule has 0 bridgehead atoms. The molecule has 0 radical (unpaired) electrons. The highest BCUT2D eigenvalue weighted by Crippen LogP contribution is 2.43. The summed E-state index contributed by atoms with van der Waals surface area (Å²) in [6.45, 7) is 4.51. The Morgan fingerprint density at radius 3 is 2.74 bits per heavy atom. The molecule has 1 aromatic rings. The lowest BCUT2D eigenvalue weighted by molar-refractivity contribution is -0.123. The lowest BCUT2D eigenvalue weighted by Crippen LogP contribution is -2.31. The normalized spacial score (nSPS) is 20.1. The predicted octanol–water partition coefficient (Wildman–Crippen LogP) is 2.91. The van der Waals surface area contributed by atoms with E-state index in [1.165, 1.54) is 23.6 Å². The Bertz CT molecular complexity index is 730. The van der Waals surface area contributed by atoms with Gasteiger partial charge in [0.05, 0.1) is 5.69 Å². The largest absolute Gasteiger partial charge is 0.437 e. The number of carbonyl (C=O) groups is 2. The minimum absolute atomic E-state index is 0.0337. The molecular weight excluding hydrogens is 332 g/mol. The summed E-state index contributed by atoms with van der Waals surface area (Å²) in [6, 6.07) is 7.67. The van der Waals surface area contributed by atoms with Crippen molar-refractivity contribution in [2.24, 2.45) is 0 Å². The number of anilines is 1. The zero-order valence-electron chi connectivity index (χ0n) is 12.9. The molecule has 0 saturated carbocycles. The van der Waals surface area contributed by atoms with Crippen LogP contribution in [0.4, 0.5) is 5.69 Å². The molecule has 2 aliphatic rings. The fraction of sp³-hybridized carbons (Fsp3) is 0.312. The molecule has 2 heterocycles. The topological polar surface area (TPSA) is 49.9 Å². The Balaban J connectivity index is 1.92. The average Bonchev–Trinajstić information content (AvgIpc) is 3.02. The number of thioether (sulfide) groups is 1. The molecule has 0 aliphatic carbocycles. The lowest BCUT2D eigenvalue weighted by Gasteiger charge is -2.17. The average molecular weight is 348 g/mol. The molecule has 1 fully saturated rings. The van der Waals surface area contributed by atoms with E-state index in [1.807, 2.05) is 36.1 Å². The highest BCUT2D eigenvalue weighted by molar-refractivity contribution is 8.26. The smallest absolute Gasteiger partial charge is 0.271 e. The van der Waals surface area contributed by atoms with E-state index in [-0.39, 0.29) is 11.7 Å². The Morgan fingerprint density at radius 2 is 2.04 bits per heavy atom. The molecule has 5 nitrogen and oxygen atoms in total. The van der Waals surface area contributed by atoms with Gasteiger partial charge in [0.1, 0.15) is 15.0 Å². The van der Waals surface area contributed by atoms with Crippen molar-refractivity contribution in [3.63, 3.8) is 0 Å². The Kier molecular flexibility index (Phi) is 4.41. The molecule has 2 aliphatic heterocycles. The monoisotopic (exact) mass is 348 g/mol. The second kappa shape index (κ2) is 6.33. The van der Waals surface area contributed by atoms with Crippen LogP contribution in [-0.4, -0.2) is 34.0 Å². The minimum atomic E-state index is -0.192. The Hall–Kier alpha value is -1.86. The molecule has 1 saturated heterocycles. The summed E-state index contributed by atoms with van der Waals surface area (Å²) in [4.78, 5) is 27.8. The van der Waals surface area contributed by atoms with Crippen LogP contribution in [0.5, 0.6) is 5.75 Å². The highest BCUT2D eigenvalue weighted by Gasteiger charge is 2.39. The van der Waals surface area contributed by atoms with Crippen LogP contribution in [0, 0.1) is 0 Å². The number of hydrogen-bond acceptors (Lipinski definition) is 6. The van der Waals surface area contributed by atoms with Gasteiger partial charge in [-0.2, -0.15) is 0 Å². The van der Waals surface area contributed by atoms with Crippen molar-refractivity contribution >= 4 is 45.7 Å². The quantitative estimate of drug-likeness (QED) is 0.616. The van der Waals surface area contributed by atoms with E-state index >= 15 is 0 Å². The number of benzene rings is 1. The maximum atomic E-state index is 12.7. The molecule has 0 spiro atoms. The van der Waals surface area contributed by atoms with Crippen LogP contribution in [0.25, 0.3) is 0 Å². The standard InChI is InChI=1S/C16H16N2O3S2/c1-3-17-11-6-4-5-7-12(11)21-15(17)13-14(20)18(16(22)23-13)9-8-10(2)19/h4-7H,3,8-9H2,1-2H3/b15-13+. The number of ether oxygens (including phenoxy) is 1. The summed E-state index contributed by atoms with van der Waals surface area (Å²) in [5, 5.41) is 0. The summed E-state index contributed by atoms with van der Waals surface area (Å²) in [5.41, 5.74) is 0.944. The van der Waals surface area contributed by atoms with Crippen LogP contribution in [0.2, 0.25) is 0 Å². The molecular formula is C16H16N2O3S2. The van der Waals surface area contributed by atoms with Crippen LogP contribution in [0.3, 0.4) is 0 Å². The van der Waals surface area contributed by atoms with Gasteiger partial charge in [-0.3, -0.25) is 14.5 Å². The maximum Gasteiger partial charge on any atom is 0.271 e. The molecule has 3 rings (SSSR count). The van der Waals surface area contributed by atoms with E-state index in [9.17, 15) is 9.59 Å². The first-order valence-corrected chi connectivity index (χ1v) is 8.57. The van der Waals surface area contributed by atoms with Gasteiger partial charge in [-0.1, -0.05) is 24.4 Å².